The Morgan fingerprint density at radius 1 is 0.857 bits per heavy atom. The van der Waals surface area contributed by atoms with Gasteiger partial charge in [-0.05, 0) is 66.3 Å². The van der Waals surface area contributed by atoms with Gasteiger partial charge in [0.15, 0.2) is 6.29 Å². The lowest BCUT2D eigenvalue weighted by atomic mass is 9.78. The molecule has 0 aliphatic carbocycles. The quantitative estimate of drug-likeness (QED) is 0.433. The van der Waals surface area contributed by atoms with Crippen LogP contribution in [0.1, 0.15) is 60.1 Å². The van der Waals surface area contributed by atoms with Crippen molar-refractivity contribution in [1.29, 1.82) is 0 Å². The number of phenolic OH excluding ortho intramolecular Hbond substituents is 1. The first-order chi connectivity index (χ1) is 17.1. The summed E-state index contributed by atoms with van der Waals surface area (Å²) in [6.45, 7) is 4.05. The van der Waals surface area contributed by atoms with Gasteiger partial charge in [0.05, 0.1) is 12.2 Å². The van der Waals surface area contributed by atoms with E-state index in [1.807, 2.05) is 12.1 Å². The van der Waals surface area contributed by atoms with Crippen LogP contribution in [0.5, 0.6) is 5.75 Å². The van der Waals surface area contributed by atoms with Crippen LogP contribution in [0, 0.1) is 5.92 Å². The van der Waals surface area contributed by atoms with E-state index in [0.29, 0.717) is 5.92 Å². The number of aromatic hydroxyl groups is 1. The number of rotatable bonds is 6. The smallest absolute Gasteiger partial charge is 0.159 e. The number of benzene rings is 3. The van der Waals surface area contributed by atoms with Gasteiger partial charge in [0, 0.05) is 44.8 Å². The van der Waals surface area contributed by atoms with Gasteiger partial charge in [0.25, 0.3) is 0 Å². The largest absolute Gasteiger partial charge is 0.508 e. The van der Waals surface area contributed by atoms with Gasteiger partial charge in [-0.1, -0.05) is 48.5 Å². The summed E-state index contributed by atoms with van der Waals surface area (Å²) in [4.78, 5) is 2.45. The normalized spacial score (nSPS) is 22.9. The van der Waals surface area contributed by atoms with Crippen LogP contribution >= 0.6 is 0 Å². The highest BCUT2D eigenvalue weighted by atomic mass is 16.7. The van der Waals surface area contributed by atoms with Crippen molar-refractivity contribution in [3.8, 4) is 5.75 Å². The minimum absolute atomic E-state index is 0.0492. The molecule has 0 amide bonds. The Labute approximate surface area is 208 Å². The molecule has 1 saturated heterocycles. The van der Waals surface area contributed by atoms with Crippen LogP contribution < -0.4 is 4.90 Å². The molecule has 3 aromatic carbocycles. The first-order valence-electron chi connectivity index (χ1n) is 12.5. The predicted molar refractivity (Wildman–Crippen MR) is 138 cm³/mol. The SMILES string of the molecule is COC(OC)C1CCN(c2ccc([C@H]3c4ccc(O)cc4[C@H](C)O[C@H]3c3ccccc3)cc2)CC1. The third-order valence-corrected chi connectivity index (χ3v) is 7.63. The van der Waals surface area contributed by atoms with Gasteiger partial charge in [-0.2, -0.15) is 0 Å². The Morgan fingerprint density at radius 2 is 1.54 bits per heavy atom. The van der Waals surface area contributed by atoms with Gasteiger partial charge in [0.2, 0.25) is 0 Å². The van der Waals surface area contributed by atoms with Crippen molar-refractivity contribution in [1.82, 2.24) is 0 Å². The summed E-state index contributed by atoms with van der Waals surface area (Å²) in [5.41, 5.74) is 5.90. The molecule has 2 aliphatic rings. The first-order valence-corrected chi connectivity index (χ1v) is 12.5. The average molecular weight is 474 g/mol. The monoisotopic (exact) mass is 473 g/mol. The maximum atomic E-state index is 10.1. The molecule has 0 bridgehead atoms. The number of piperidine rings is 1. The van der Waals surface area contributed by atoms with Crippen molar-refractivity contribution in [3.63, 3.8) is 0 Å². The standard InChI is InChI=1S/C30H35NO4/c1-20-27-19-25(32)13-14-26(27)28(29(35-20)22-7-5-4-6-8-22)21-9-11-24(12-10-21)31-17-15-23(16-18-31)30(33-2)34-3/h4-14,19-20,23,28-30,32H,15-18H2,1-3H3/t20-,28-,29-/m0/s1. The number of phenols is 1. The molecule has 2 heterocycles. The van der Waals surface area contributed by atoms with Crippen LogP contribution in [0.3, 0.4) is 0 Å². The number of fused-ring (bicyclic) bond motifs is 1. The number of hydrogen-bond donors (Lipinski definition) is 1. The summed E-state index contributed by atoms with van der Waals surface area (Å²) in [6, 6.07) is 25.1. The molecule has 1 fully saturated rings. The van der Waals surface area contributed by atoms with E-state index < -0.39 is 0 Å². The second-order valence-corrected chi connectivity index (χ2v) is 9.66. The Hall–Kier alpha value is -2.86. The lowest BCUT2D eigenvalue weighted by Crippen LogP contribution is -2.39. The van der Waals surface area contributed by atoms with E-state index in [1.165, 1.54) is 22.4 Å². The first kappa shape index (κ1) is 23.9. The maximum Gasteiger partial charge on any atom is 0.159 e. The van der Waals surface area contributed by atoms with Crippen LogP contribution in [-0.2, 0) is 14.2 Å². The van der Waals surface area contributed by atoms with E-state index >= 15 is 0 Å². The van der Waals surface area contributed by atoms with E-state index in [0.717, 1.165) is 31.5 Å². The molecular formula is C30H35NO4. The zero-order chi connectivity index (χ0) is 24.4. The van der Waals surface area contributed by atoms with Crippen molar-refractivity contribution in [3.05, 3.63) is 95.1 Å². The van der Waals surface area contributed by atoms with E-state index in [1.54, 1.807) is 20.3 Å². The van der Waals surface area contributed by atoms with Crippen LogP contribution in [0.4, 0.5) is 5.69 Å². The van der Waals surface area contributed by atoms with Crippen LogP contribution in [0.2, 0.25) is 0 Å². The molecule has 0 unspecified atom stereocenters. The number of ether oxygens (including phenoxy) is 3. The van der Waals surface area contributed by atoms with Crippen molar-refractivity contribution >= 4 is 5.69 Å². The van der Waals surface area contributed by atoms with Gasteiger partial charge in [-0.25, -0.2) is 0 Å². The van der Waals surface area contributed by atoms with Gasteiger partial charge in [-0.15, -0.1) is 0 Å². The summed E-state index contributed by atoms with van der Waals surface area (Å²) in [5, 5.41) is 10.1. The number of hydrogen-bond acceptors (Lipinski definition) is 5. The number of methoxy groups -OCH3 is 2. The van der Waals surface area contributed by atoms with Gasteiger partial charge < -0.3 is 24.2 Å². The van der Waals surface area contributed by atoms with E-state index in [-0.39, 0.29) is 30.2 Å². The van der Waals surface area contributed by atoms with Gasteiger partial charge >= 0.3 is 0 Å². The molecule has 0 radical (unpaired) electrons. The summed E-state index contributed by atoms with van der Waals surface area (Å²) in [6.07, 6.45) is 1.79. The summed E-state index contributed by atoms with van der Waals surface area (Å²) >= 11 is 0. The number of nitrogens with zero attached hydrogens (tertiary/aromatic N) is 1. The molecule has 3 aromatic rings. The highest BCUT2D eigenvalue weighted by Crippen LogP contribution is 2.49. The Bertz CT molecular complexity index is 1100. The third-order valence-electron chi connectivity index (χ3n) is 7.63. The van der Waals surface area contributed by atoms with Crippen molar-refractivity contribution < 1.29 is 19.3 Å². The summed E-state index contributed by atoms with van der Waals surface area (Å²) < 4.78 is 17.5. The number of anilines is 1. The lowest BCUT2D eigenvalue weighted by Gasteiger charge is -2.38. The second-order valence-electron chi connectivity index (χ2n) is 9.66. The topological polar surface area (TPSA) is 51.2 Å². The van der Waals surface area contributed by atoms with Gasteiger partial charge in [-0.3, -0.25) is 0 Å². The van der Waals surface area contributed by atoms with Crippen molar-refractivity contribution in [2.45, 2.75) is 44.2 Å². The van der Waals surface area contributed by atoms with E-state index in [2.05, 4.69) is 66.4 Å². The Morgan fingerprint density at radius 3 is 2.20 bits per heavy atom. The molecule has 5 nitrogen and oxygen atoms in total. The third kappa shape index (κ3) is 4.81. The Balaban J connectivity index is 1.42. The van der Waals surface area contributed by atoms with Gasteiger partial charge in [0.1, 0.15) is 5.75 Å². The molecule has 0 saturated carbocycles. The highest BCUT2D eigenvalue weighted by Gasteiger charge is 2.36. The fourth-order valence-corrected chi connectivity index (χ4v) is 5.80. The Kier molecular flexibility index (Phi) is 7.09. The second kappa shape index (κ2) is 10.4. The van der Waals surface area contributed by atoms with E-state index in [4.69, 9.17) is 14.2 Å². The fourth-order valence-electron chi connectivity index (χ4n) is 5.80. The predicted octanol–water partition coefficient (Wildman–Crippen LogP) is 6.19. The molecule has 35 heavy (non-hydrogen) atoms. The molecule has 5 rings (SSSR count). The van der Waals surface area contributed by atoms with Crippen LogP contribution in [0.25, 0.3) is 0 Å². The lowest BCUT2D eigenvalue weighted by molar-refractivity contribution is -0.141. The van der Waals surface area contributed by atoms with Crippen molar-refractivity contribution in [2.75, 3.05) is 32.2 Å². The van der Waals surface area contributed by atoms with Crippen LogP contribution in [0.15, 0.2) is 72.8 Å². The molecule has 0 spiro atoms. The molecule has 3 atom stereocenters. The molecule has 184 valence electrons. The van der Waals surface area contributed by atoms with Crippen LogP contribution in [-0.4, -0.2) is 38.7 Å². The molecule has 1 N–H and O–H groups in total. The molecule has 0 aromatic heterocycles. The highest BCUT2D eigenvalue weighted by molar-refractivity contribution is 5.52. The summed E-state index contributed by atoms with van der Waals surface area (Å²) in [5.74, 6) is 0.758. The zero-order valence-electron chi connectivity index (χ0n) is 20.8. The zero-order valence-corrected chi connectivity index (χ0v) is 20.8. The molecule has 5 heteroatoms. The maximum absolute atomic E-state index is 10.1. The van der Waals surface area contributed by atoms with E-state index in [9.17, 15) is 5.11 Å². The minimum atomic E-state index is -0.123. The molecular weight excluding hydrogens is 438 g/mol. The van der Waals surface area contributed by atoms with Crippen molar-refractivity contribution in [2.24, 2.45) is 5.92 Å². The average Bonchev–Trinajstić information content (AvgIpc) is 2.91. The summed E-state index contributed by atoms with van der Waals surface area (Å²) in [7, 11) is 3.44. The fraction of sp³-hybridized carbons (Fsp3) is 0.400. The minimum Gasteiger partial charge on any atom is -0.508 e. The molecule has 2 aliphatic heterocycles.